The molecule has 0 saturated heterocycles. The summed E-state index contributed by atoms with van der Waals surface area (Å²) in [5.41, 5.74) is 0.577. The van der Waals surface area contributed by atoms with Gasteiger partial charge in [0, 0.05) is 6.42 Å². The summed E-state index contributed by atoms with van der Waals surface area (Å²) in [6, 6.07) is 7.11. The van der Waals surface area contributed by atoms with Crippen molar-refractivity contribution in [1.82, 2.24) is 14.8 Å². The SMILES string of the molecule is COc1ccccc1NC(=O)CC1Cn2ncnc2NC1=O. The molecule has 1 unspecified atom stereocenters. The first-order valence-electron chi connectivity index (χ1n) is 6.79. The molecule has 8 heteroatoms. The normalized spacial score (nSPS) is 16.6. The predicted octanol–water partition coefficient (Wildman–Crippen LogP) is 0.884. The molecule has 0 radical (unpaired) electrons. The lowest BCUT2D eigenvalue weighted by atomic mass is 10.0. The van der Waals surface area contributed by atoms with E-state index in [9.17, 15) is 9.59 Å². The molecule has 0 bridgehead atoms. The molecule has 22 heavy (non-hydrogen) atoms. The Balaban J connectivity index is 1.66. The average molecular weight is 301 g/mol. The number of hydrogen-bond donors (Lipinski definition) is 2. The monoisotopic (exact) mass is 301 g/mol. The van der Waals surface area contributed by atoms with E-state index in [2.05, 4.69) is 20.7 Å². The molecule has 0 aliphatic carbocycles. The van der Waals surface area contributed by atoms with E-state index in [0.29, 0.717) is 23.9 Å². The Morgan fingerprint density at radius 1 is 1.50 bits per heavy atom. The number of benzene rings is 1. The van der Waals surface area contributed by atoms with E-state index >= 15 is 0 Å². The number of carbonyl (C=O) groups excluding carboxylic acids is 2. The van der Waals surface area contributed by atoms with Gasteiger partial charge in [-0.2, -0.15) is 10.1 Å². The topological polar surface area (TPSA) is 98.1 Å². The van der Waals surface area contributed by atoms with Crippen molar-refractivity contribution in [3.05, 3.63) is 30.6 Å². The molecule has 2 amide bonds. The van der Waals surface area contributed by atoms with Gasteiger partial charge in [-0.25, -0.2) is 4.68 Å². The summed E-state index contributed by atoms with van der Waals surface area (Å²) in [5.74, 6) is 0.0155. The summed E-state index contributed by atoms with van der Waals surface area (Å²) >= 11 is 0. The van der Waals surface area contributed by atoms with Crippen molar-refractivity contribution in [3.8, 4) is 5.75 Å². The number of rotatable bonds is 4. The summed E-state index contributed by atoms with van der Waals surface area (Å²) in [6.07, 6.45) is 1.43. The van der Waals surface area contributed by atoms with Crippen molar-refractivity contribution in [2.24, 2.45) is 5.92 Å². The number of ether oxygens (including phenoxy) is 1. The molecule has 2 aromatic rings. The van der Waals surface area contributed by atoms with Gasteiger partial charge in [0.15, 0.2) is 0 Å². The molecular weight excluding hydrogens is 286 g/mol. The Labute approximate surface area is 126 Å². The van der Waals surface area contributed by atoms with Crippen molar-refractivity contribution in [3.63, 3.8) is 0 Å². The Kier molecular flexibility index (Phi) is 3.73. The van der Waals surface area contributed by atoms with Crippen LogP contribution in [0, 0.1) is 5.92 Å². The number of para-hydroxylation sites is 2. The van der Waals surface area contributed by atoms with Crippen LogP contribution in [-0.4, -0.2) is 33.7 Å². The van der Waals surface area contributed by atoms with Crippen LogP contribution in [0.2, 0.25) is 0 Å². The minimum atomic E-state index is -0.482. The van der Waals surface area contributed by atoms with Gasteiger partial charge in [-0.15, -0.1) is 0 Å². The Hall–Kier alpha value is -2.90. The number of hydrogen-bond acceptors (Lipinski definition) is 5. The lowest BCUT2D eigenvalue weighted by Gasteiger charge is -2.21. The maximum Gasteiger partial charge on any atom is 0.232 e. The van der Waals surface area contributed by atoms with Crippen LogP contribution < -0.4 is 15.4 Å². The highest BCUT2D eigenvalue weighted by atomic mass is 16.5. The zero-order chi connectivity index (χ0) is 15.5. The van der Waals surface area contributed by atoms with Gasteiger partial charge < -0.3 is 10.1 Å². The second-order valence-corrected chi connectivity index (χ2v) is 4.90. The molecule has 1 aliphatic rings. The van der Waals surface area contributed by atoms with Gasteiger partial charge >= 0.3 is 0 Å². The molecule has 0 saturated carbocycles. The molecule has 2 heterocycles. The predicted molar refractivity (Wildman–Crippen MR) is 78.4 cm³/mol. The molecule has 3 rings (SSSR count). The first kappa shape index (κ1) is 14.1. The molecule has 1 aliphatic heterocycles. The molecule has 8 nitrogen and oxygen atoms in total. The lowest BCUT2D eigenvalue weighted by molar-refractivity contribution is -0.126. The Morgan fingerprint density at radius 3 is 3.14 bits per heavy atom. The van der Waals surface area contributed by atoms with Gasteiger partial charge in [0.25, 0.3) is 0 Å². The summed E-state index contributed by atoms with van der Waals surface area (Å²) in [5, 5.41) is 9.38. The second kappa shape index (κ2) is 5.84. The minimum Gasteiger partial charge on any atom is -0.495 e. The highest BCUT2D eigenvalue weighted by Crippen LogP contribution is 2.24. The summed E-state index contributed by atoms with van der Waals surface area (Å²) in [7, 11) is 1.53. The van der Waals surface area contributed by atoms with Crippen LogP contribution in [0.15, 0.2) is 30.6 Å². The Morgan fingerprint density at radius 2 is 2.32 bits per heavy atom. The number of amides is 2. The smallest absolute Gasteiger partial charge is 0.232 e. The summed E-state index contributed by atoms with van der Waals surface area (Å²) in [4.78, 5) is 28.0. The van der Waals surface area contributed by atoms with E-state index in [1.807, 2.05) is 6.07 Å². The molecule has 2 N–H and O–H groups in total. The first-order valence-corrected chi connectivity index (χ1v) is 6.79. The van der Waals surface area contributed by atoms with E-state index in [4.69, 9.17) is 4.74 Å². The molecular formula is C14H15N5O3. The van der Waals surface area contributed by atoms with E-state index in [-0.39, 0.29) is 18.2 Å². The van der Waals surface area contributed by atoms with Crippen molar-refractivity contribution in [1.29, 1.82) is 0 Å². The van der Waals surface area contributed by atoms with Crippen LogP contribution in [0.4, 0.5) is 11.6 Å². The number of methoxy groups -OCH3 is 1. The Bertz CT molecular complexity index is 712. The molecule has 0 spiro atoms. The van der Waals surface area contributed by atoms with E-state index in [0.717, 1.165) is 0 Å². The van der Waals surface area contributed by atoms with Gasteiger partial charge in [0.1, 0.15) is 12.1 Å². The zero-order valence-electron chi connectivity index (χ0n) is 11.9. The van der Waals surface area contributed by atoms with Gasteiger partial charge in [0.05, 0.1) is 25.3 Å². The number of anilines is 2. The quantitative estimate of drug-likeness (QED) is 0.873. The third-order valence-electron chi connectivity index (χ3n) is 3.43. The average Bonchev–Trinajstić information content (AvgIpc) is 2.95. The fourth-order valence-electron chi connectivity index (χ4n) is 2.33. The third kappa shape index (κ3) is 2.76. The van der Waals surface area contributed by atoms with Crippen molar-refractivity contribution in [2.75, 3.05) is 17.7 Å². The fourth-order valence-corrected chi connectivity index (χ4v) is 2.33. The number of nitrogens with zero attached hydrogens (tertiary/aromatic N) is 3. The zero-order valence-corrected chi connectivity index (χ0v) is 11.9. The van der Waals surface area contributed by atoms with Gasteiger partial charge in [-0.05, 0) is 12.1 Å². The third-order valence-corrected chi connectivity index (χ3v) is 3.43. The number of aromatic nitrogens is 3. The first-order chi connectivity index (χ1) is 10.7. The van der Waals surface area contributed by atoms with Crippen molar-refractivity contribution < 1.29 is 14.3 Å². The van der Waals surface area contributed by atoms with Gasteiger partial charge in [-0.1, -0.05) is 12.1 Å². The summed E-state index contributed by atoms with van der Waals surface area (Å²) < 4.78 is 6.75. The number of fused-ring (bicyclic) bond motifs is 1. The molecule has 1 aromatic heterocycles. The maximum atomic E-state index is 12.2. The van der Waals surface area contributed by atoms with Crippen LogP contribution in [0.3, 0.4) is 0 Å². The number of nitrogens with one attached hydrogen (secondary N) is 2. The van der Waals surface area contributed by atoms with Crippen LogP contribution in [0.5, 0.6) is 5.75 Å². The molecule has 1 aromatic carbocycles. The number of carbonyl (C=O) groups is 2. The fraction of sp³-hybridized carbons (Fsp3) is 0.286. The van der Waals surface area contributed by atoms with Gasteiger partial charge in [-0.3, -0.25) is 14.9 Å². The van der Waals surface area contributed by atoms with Gasteiger partial charge in [0.2, 0.25) is 17.8 Å². The second-order valence-electron chi connectivity index (χ2n) is 4.90. The van der Waals surface area contributed by atoms with Crippen LogP contribution in [0.25, 0.3) is 0 Å². The van der Waals surface area contributed by atoms with E-state index in [1.165, 1.54) is 13.4 Å². The van der Waals surface area contributed by atoms with Crippen molar-refractivity contribution >= 4 is 23.5 Å². The van der Waals surface area contributed by atoms with Crippen LogP contribution in [-0.2, 0) is 16.1 Å². The van der Waals surface area contributed by atoms with Crippen LogP contribution >= 0.6 is 0 Å². The summed E-state index contributed by atoms with van der Waals surface area (Å²) in [6.45, 7) is 0.334. The largest absolute Gasteiger partial charge is 0.495 e. The molecule has 1 atom stereocenters. The molecule has 0 fully saturated rings. The highest BCUT2D eigenvalue weighted by Gasteiger charge is 2.29. The van der Waals surface area contributed by atoms with Crippen molar-refractivity contribution in [2.45, 2.75) is 13.0 Å². The molecule has 114 valence electrons. The standard InChI is InChI=1S/C14H15N5O3/c1-22-11-5-3-2-4-10(11)17-12(20)6-9-7-19-14(15-8-16-19)18-13(9)21/h2-5,8-9H,6-7H2,1H3,(H,17,20)(H,15,16,18,21). The maximum absolute atomic E-state index is 12.2. The van der Waals surface area contributed by atoms with E-state index < -0.39 is 5.92 Å². The van der Waals surface area contributed by atoms with Crippen LogP contribution in [0.1, 0.15) is 6.42 Å². The minimum absolute atomic E-state index is 0.0587. The van der Waals surface area contributed by atoms with E-state index in [1.54, 1.807) is 22.9 Å². The lowest BCUT2D eigenvalue weighted by Crippen LogP contribution is -2.36. The highest BCUT2D eigenvalue weighted by molar-refractivity contribution is 5.98.